The van der Waals surface area contributed by atoms with Crippen molar-refractivity contribution >= 4 is 5.69 Å². The van der Waals surface area contributed by atoms with E-state index < -0.39 is 6.36 Å². The van der Waals surface area contributed by atoms with E-state index in [1.807, 2.05) is 30.8 Å². The van der Waals surface area contributed by atoms with Crippen molar-refractivity contribution in [2.75, 3.05) is 32.1 Å². The summed E-state index contributed by atoms with van der Waals surface area (Å²) in [6, 6.07) is 18.0. The van der Waals surface area contributed by atoms with Crippen molar-refractivity contribution in [2.45, 2.75) is 31.8 Å². The zero-order chi connectivity index (χ0) is 24.7. The summed E-state index contributed by atoms with van der Waals surface area (Å²) in [5.74, 6) is 0.448. The number of quaternary nitrogens is 1. The van der Waals surface area contributed by atoms with Gasteiger partial charge in [0.2, 0.25) is 0 Å². The molecule has 1 aromatic heterocycles. The van der Waals surface area contributed by atoms with Gasteiger partial charge in [0, 0.05) is 55.0 Å². The van der Waals surface area contributed by atoms with Crippen LogP contribution in [0.15, 0.2) is 65.5 Å². The fourth-order valence-electron chi connectivity index (χ4n) is 5.57. The Bertz CT molecular complexity index is 1250. The fourth-order valence-corrected chi connectivity index (χ4v) is 5.57. The fraction of sp³-hybridized carbons (Fsp3) is 0.370. The van der Waals surface area contributed by atoms with Crippen molar-refractivity contribution in [1.82, 2.24) is 4.57 Å². The molecule has 8 heteroatoms. The lowest BCUT2D eigenvalue weighted by Gasteiger charge is -2.40. The Balaban J connectivity index is 1.33. The van der Waals surface area contributed by atoms with Gasteiger partial charge in [-0.1, -0.05) is 24.3 Å². The molecular formula is C27H29F3N3O2+. The van der Waals surface area contributed by atoms with E-state index in [9.17, 15) is 18.0 Å². The number of pyridine rings is 1. The number of nitrogens with zero attached hydrogens (tertiary/aromatic N) is 2. The van der Waals surface area contributed by atoms with Crippen molar-refractivity contribution < 1.29 is 22.8 Å². The van der Waals surface area contributed by atoms with Gasteiger partial charge in [0.05, 0.1) is 13.1 Å². The Morgan fingerprint density at radius 2 is 1.71 bits per heavy atom. The summed E-state index contributed by atoms with van der Waals surface area (Å²) in [5.41, 5.74) is 4.57. The van der Waals surface area contributed by atoms with Crippen LogP contribution in [0.3, 0.4) is 0 Å². The molecule has 3 heterocycles. The molecule has 2 aliphatic rings. The number of piperidine rings is 1. The van der Waals surface area contributed by atoms with Crippen LogP contribution < -0.4 is 20.1 Å². The topological polar surface area (TPSA) is 38.9 Å². The number of rotatable bonds is 5. The van der Waals surface area contributed by atoms with E-state index in [1.54, 1.807) is 0 Å². The van der Waals surface area contributed by atoms with Gasteiger partial charge >= 0.3 is 6.36 Å². The van der Waals surface area contributed by atoms with Crippen LogP contribution in [0, 0.1) is 5.92 Å². The smallest absolute Gasteiger partial charge is 0.406 e. The number of anilines is 1. The molecule has 2 bridgehead atoms. The van der Waals surface area contributed by atoms with Crippen LogP contribution in [-0.2, 0) is 13.1 Å². The second kappa shape index (κ2) is 9.07. The summed E-state index contributed by atoms with van der Waals surface area (Å²) in [6.07, 6.45) is -3.65. The average Bonchev–Trinajstić information content (AvgIpc) is 2.80. The predicted octanol–water partition coefficient (Wildman–Crippen LogP) is 3.68. The minimum absolute atomic E-state index is 0.0792. The lowest BCUT2D eigenvalue weighted by Crippen LogP contribution is -3.13. The van der Waals surface area contributed by atoms with Gasteiger partial charge in [-0.25, -0.2) is 0 Å². The Morgan fingerprint density at radius 1 is 1.00 bits per heavy atom. The third kappa shape index (κ3) is 5.07. The van der Waals surface area contributed by atoms with Gasteiger partial charge in [-0.2, -0.15) is 0 Å². The van der Waals surface area contributed by atoms with Crippen molar-refractivity contribution in [3.05, 3.63) is 82.3 Å². The lowest BCUT2D eigenvalue weighted by molar-refractivity contribution is -0.924. The van der Waals surface area contributed by atoms with Gasteiger partial charge in [0.25, 0.3) is 5.56 Å². The maximum absolute atomic E-state index is 13.4. The molecule has 3 aromatic rings. The molecule has 0 saturated carbocycles. The summed E-state index contributed by atoms with van der Waals surface area (Å²) >= 11 is 0. The zero-order valence-electron chi connectivity index (χ0n) is 19.8. The molecule has 0 spiro atoms. The van der Waals surface area contributed by atoms with E-state index in [1.165, 1.54) is 40.4 Å². The molecular weight excluding hydrogens is 455 g/mol. The largest absolute Gasteiger partial charge is 0.573 e. The first-order valence-electron chi connectivity index (χ1n) is 11.9. The minimum atomic E-state index is -4.74. The average molecular weight is 485 g/mol. The molecule has 35 heavy (non-hydrogen) atoms. The Labute approximate surface area is 202 Å². The number of likely N-dealkylation sites (tertiary alicyclic amines) is 1. The standard InChI is InChI=1S/C27H28F3N3O2/c1-31(2)22-7-3-18(4-8-22)14-32-15-19-13-21(17-32)25-12-11-24(26(34)33(25)16-19)20-5-9-23(10-6-20)35-27(28,29)30/h3-12,19,21H,13-17H2,1-2H3/p+1/t19-,21+/m0/s1. The van der Waals surface area contributed by atoms with Crippen molar-refractivity contribution in [3.8, 4) is 16.9 Å². The molecule has 1 N–H and O–H groups in total. The summed E-state index contributed by atoms with van der Waals surface area (Å²) in [5, 5.41) is 0. The number of ether oxygens (including phenoxy) is 1. The molecule has 1 fully saturated rings. The molecule has 184 valence electrons. The summed E-state index contributed by atoms with van der Waals surface area (Å²) in [6.45, 7) is 3.64. The van der Waals surface area contributed by atoms with Crippen LogP contribution in [0.4, 0.5) is 18.9 Å². The molecule has 1 unspecified atom stereocenters. The lowest BCUT2D eigenvalue weighted by atomic mass is 9.82. The van der Waals surface area contributed by atoms with E-state index in [0.717, 1.165) is 31.7 Å². The first-order valence-corrected chi connectivity index (χ1v) is 11.9. The second-order valence-electron chi connectivity index (χ2n) is 9.85. The molecule has 0 radical (unpaired) electrons. The highest BCUT2D eigenvalue weighted by atomic mass is 19.4. The van der Waals surface area contributed by atoms with E-state index in [4.69, 9.17) is 0 Å². The van der Waals surface area contributed by atoms with Crippen LogP contribution in [0.2, 0.25) is 0 Å². The van der Waals surface area contributed by atoms with E-state index >= 15 is 0 Å². The number of hydrogen-bond acceptors (Lipinski definition) is 3. The van der Waals surface area contributed by atoms with Crippen LogP contribution in [-0.4, -0.2) is 38.1 Å². The SMILES string of the molecule is CN(C)c1ccc(C[NH+]2C[C@@H]3C[C@H](C2)c2ccc(-c4ccc(OC(F)(F)F)cc4)c(=O)n2C3)cc1. The number of fused-ring (bicyclic) bond motifs is 4. The van der Waals surface area contributed by atoms with E-state index in [2.05, 4.69) is 33.9 Å². The first kappa shape index (κ1) is 23.5. The number of benzene rings is 2. The molecule has 0 amide bonds. The quantitative estimate of drug-likeness (QED) is 0.601. The first-order chi connectivity index (χ1) is 16.7. The van der Waals surface area contributed by atoms with Crippen LogP contribution in [0.5, 0.6) is 5.75 Å². The Hall–Kier alpha value is -3.26. The van der Waals surface area contributed by atoms with Crippen molar-refractivity contribution in [3.63, 3.8) is 0 Å². The molecule has 2 aliphatic heterocycles. The highest BCUT2D eigenvalue weighted by Gasteiger charge is 2.37. The van der Waals surface area contributed by atoms with Gasteiger partial charge < -0.3 is 19.1 Å². The highest BCUT2D eigenvalue weighted by molar-refractivity contribution is 5.63. The van der Waals surface area contributed by atoms with Crippen LogP contribution in [0.25, 0.3) is 11.1 Å². The van der Waals surface area contributed by atoms with E-state index in [-0.39, 0.29) is 11.3 Å². The Morgan fingerprint density at radius 3 is 2.37 bits per heavy atom. The van der Waals surface area contributed by atoms with Crippen LogP contribution >= 0.6 is 0 Å². The molecule has 1 saturated heterocycles. The van der Waals surface area contributed by atoms with Crippen LogP contribution in [0.1, 0.15) is 23.6 Å². The third-order valence-corrected chi connectivity index (χ3v) is 7.10. The maximum atomic E-state index is 13.4. The van der Waals surface area contributed by atoms with Gasteiger partial charge in [-0.05, 0) is 48.4 Å². The van der Waals surface area contributed by atoms with Crippen molar-refractivity contribution in [2.24, 2.45) is 5.92 Å². The number of halogens is 3. The molecule has 5 rings (SSSR count). The molecule has 3 atom stereocenters. The Kier molecular flexibility index (Phi) is 6.09. The highest BCUT2D eigenvalue weighted by Crippen LogP contribution is 2.32. The minimum Gasteiger partial charge on any atom is -0.406 e. The van der Waals surface area contributed by atoms with Gasteiger partial charge in [0.1, 0.15) is 12.3 Å². The number of hydrogen-bond donors (Lipinski definition) is 1. The summed E-state index contributed by atoms with van der Waals surface area (Å²) < 4.78 is 43.2. The molecule has 2 aromatic carbocycles. The molecule has 0 aliphatic carbocycles. The predicted molar refractivity (Wildman–Crippen MR) is 129 cm³/mol. The normalized spacial score (nSPS) is 21.3. The monoisotopic (exact) mass is 484 g/mol. The number of aromatic nitrogens is 1. The summed E-state index contributed by atoms with van der Waals surface area (Å²) in [7, 11) is 4.07. The van der Waals surface area contributed by atoms with Gasteiger partial charge in [0.15, 0.2) is 0 Å². The number of nitrogens with one attached hydrogen (secondary N) is 1. The van der Waals surface area contributed by atoms with Gasteiger partial charge in [-0.3, -0.25) is 4.79 Å². The van der Waals surface area contributed by atoms with Crippen molar-refractivity contribution in [1.29, 1.82) is 0 Å². The number of alkyl halides is 3. The third-order valence-electron chi connectivity index (χ3n) is 7.10. The zero-order valence-corrected chi connectivity index (χ0v) is 19.8. The molecule has 5 nitrogen and oxygen atoms in total. The second-order valence-corrected chi connectivity index (χ2v) is 9.85. The van der Waals surface area contributed by atoms with E-state index in [0.29, 0.717) is 29.5 Å². The van der Waals surface area contributed by atoms with Gasteiger partial charge in [-0.15, -0.1) is 13.2 Å². The maximum Gasteiger partial charge on any atom is 0.573 e. The summed E-state index contributed by atoms with van der Waals surface area (Å²) in [4.78, 5) is 17.0.